The number of ether oxygens (including phenoxy) is 1. The standard InChI is InChI=1S/C20H15BrO3/c1-23-20(22)14-7-3-2-6-12(14)13-10-11-16(21)18-15-8-4-5-9-17(15)24-19(13)18/h2-4,6-8,10-11H,5,9H2,1H3. The molecule has 24 heavy (non-hydrogen) atoms. The summed E-state index contributed by atoms with van der Waals surface area (Å²) in [4.78, 5) is 12.1. The van der Waals surface area contributed by atoms with Crippen molar-refractivity contribution in [2.45, 2.75) is 12.8 Å². The summed E-state index contributed by atoms with van der Waals surface area (Å²) < 4.78 is 12.1. The second-order valence-corrected chi connectivity index (χ2v) is 6.57. The highest BCUT2D eigenvalue weighted by atomic mass is 79.9. The molecule has 0 spiro atoms. The van der Waals surface area contributed by atoms with Gasteiger partial charge in [-0.05, 0) is 30.2 Å². The number of methoxy groups -OCH3 is 1. The molecule has 0 radical (unpaired) electrons. The number of fused-ring (bicyclic) bond motifs is 3. The average molecular weight is 383 g/mol. The van der Waals surface area contributed by atoms with E-state index in [4.69, 9.17) is 9.15 Å². The molecule has 1 aromatic heterocycles. The molecule has 0 aliphatic heterocycles. The lowest BCUT2D eigenvalue weighted by atomic mass is 9.96. The maximum atomic E-state index is 12.1. The molecule has 0 amide bonds. The van der Waals surface area contributed by atoms with Crippen molar-refractivity contribution >= 4 is 38.9 Å². The van der Waals surface area contributed by atoms with Gasteiger partial charge in [0.05, 0.1) is 12.7 Å². The van der Waals surface area contributed by atoms with Gasteiger partial charge in [0.25, 0.3) is 0 Å². The Bertz CT molecular complexity index is 982. The van der Waals surface area contributed by atoms with Crippen LogP contribution in [0.2, 0.25) is 0 Å². The SMILES string of the molecule is COC(=O)c1ccccc1-c1ccc(Br)c2c3c(oc12)CCC=C3. The van der Waals surface area contributed by atoms with Gasteiger partial charge < -0.3 is 9.15 Å². The highest BCUT2D eigenvalue weighted by Crippen LogP contribution is 2.41. The minimum atomic E-state index is -0.349. The fraction of sp³-hybridized carbons (Fsp3) is 0.150. The van der Waals surface area contributed by atoms with Crippen LogP contribution in [-0.4, -0.2) is 13.1 Å². The fourth-order valence-electron chi connectivity index (χ4n) is 3.23. The topological polar surface area (TPSA) is 39.4 Å². The van der Waals surface area contributed by atoms with Gasteiger partial charge >= 0.3 is 5.97 Å². The maximum absolute atomic E-state index is 12.1. The highest BCUT2D eigenvalue weighted by molar-refractivity contribution is 9.10. The van der Waals surface area contributed by atoms with E-state index in [0.717, 1.165) is 50.7 Å². The van der Waals surface area contributed by atoms with Gasteiger partial charge in [-0.2, -0.15) is 0 Å². The van der Waals surface area contributed by atoms with Crippen molar-refractivity contribution in [3.8, 4) is 11.1 Å². The van der Waals surface area contributed by atoms with E-state index in [0.29, 0.717) is 5.56 Å². The Kier molecular flexibility index (Phi) is 3.77. The summed E-state index contributed by atoms with van der Waals surface area (Å²) in [7, 11) is 1.40. The van der Waals surface area contributed by atoms with Gasteiger partial charge in [-0.25, -0.2) is 4.79 Å². The van der Waals surface area contributed by atoms with Gasteiger partial charge in [0.2, 0.25) is 0 Å². The van der Waals surface area contributed by atoms with Crippen LogP contribution in [0.5, 0.6) is 0 Å². The van der Waals surface area contributed by atoms with Crippen LogP contribution in [0.1, 0.15) is 28.1 Å². The molecule has 2 aromatic carbocycles. The number of esters is 1. The summed E-state index contributed by atoms with van der Waals surface area (Å²) in [6.07, 6.45) is 6.16. The number of hydrogen-bond acceptors (Lipinski definition) is 3. The van der Waals surface area contributed by atoms with E-state index >= 15 is 0 Å². The Labute approximate surface area is 148 Å². The molecule has 120 valence electrons. The predicted octanol–water partition coefficient (Wildman–Crippen LogP) is 5.61. The second-order valence-electron chi connectivity index (χ2n) is 5.72. The number of furan rings is 1. The molecule has 0 unspecified atom stereocenters. The van der Waals surface area contributed by atoms with Crippen LogP contribution >= 0.6 is 15.9 Å². The zero-order chi connectivity index (χ0) is 16.7. The van der Waals surface area contributed by atoms with Crippen molar-refractivity contribution in [1.82, 2.24) is 0 Å². The molecule has 0 fully saturated rings. The molecule has 3 nitrogen and oxygen atoms in total. The molecule has 1 aliphatic carbocycles. The minimum absolute atomic E-state index is 0.349. The van der Waals surface area contributed by atoms with Crippen LogP contribution in [0.4, 0.5) is 0 Å². The molecule has 4 heteroatoms. The number of carbonyl (C=O) groups is 1. The van der Waals surface area contributed by atoms with E-state index in [2.05, 4.69) is 28.1 Å². The van der Waals surface area contributed by atoms with E-state index in [1.165, 1.54) is 7.11 Å². The molecule has 0 saturated heterocycles. The first kappa shape index (κ1) is 15.2. The molecule has 3 aromatic rings. The molecule has 0 N–H and O–H groups in total. The zero-order valence-corrected chi connectivity index (χ0v) is 14.7. The quantitative estimate of drug-likeness (QED) is 0.540. The van der Waals surface area contributed by atoms with Gasteiger partial charge in [-0.3, -0.25) is 0 Å². The summed E-state index contributed by atoms with van der Waals surface area (Å²) in [6, 6.07) is 11.4. The number of hydrogen-bond donors (Lipinski definition) is 0. The summed E-state index contributed by atoms with van der Waals surface area (Å²) in [5, 5.41) is 1.05. The summed E-state index contributed by atoms with van der Waals surface area (Å²) in [5.74, 6) is 0.647. The van der Waals surface area contributed by atoms with E-state index < -0.39 is 0 Å². The van der Waals surface area contributed by atoms with Crippen molar-refractivity contribution < 1.29 is 13.9 Å². The number of allylic oxidation sites excluding steroid dienone is 1. The first-order chi connectivity index (χ1) is 11.7. The monoisotopic (exact) mass is 382 g/mol. The van der Waals surface area contributed by atoms with Crippen LogP contribution in [0.15, 0.2) is 51.4 Å². The van der Waals surface area contributed by atoms with Crippen LogP contribution in [-0.2, 0) is 11.2 Å². The molecule has 4 rings (SSSR count). The van der Waals surface area contributed by atoms with E-state index in [1.807, 2.05) is 30.3 Å². The van der Waals surface area contributed by atoms with Crippen LogP contribution in [0.25, 0.3) is 28.2 Å². The molecular formula is C20H15BrO3. The molecule has 1 aliphatic rings. The maximum Gasteiger partial charge on any atom is 0.338 e. The third-order valence-corrected chi connectivity index (χ3v) is 5.01. The lowest BCUT2D eigenvalue weighted by Gasteiger charge is -2.09. The third-order valence-electron chi connectivity index (χ3n) is 4.35. The summed E-state index contributed by atoms with van der Waals surface area (Å²) in [6.45, 7) is 0. The Hall–Kier alpha value is -2.33. The number of halogens is 1. The highest BCUT2D eigenvalue weighted by Gasteiger charge is 2.22. The van der Waals surface area contributed by atoms with Crippen molar-refractivity contribution in [3.63, 3.8) is 0 Å². The van der Waals surface area contributed by atoms with E-state index in [-0.39, 0.29) is 5.97 Å². The van der Waals surface area contributed by atoms with Crippen LogP contribution in [0.3, 0.4) is 0 Å². The zero-order valence-electron chi connectivity index (χ0n) is 13.1. The van der Waals surface area contributed by atoms with Crippen molar-refractivity contribution in [2.24, 2.45) is 0 Å². The molecule has 0 bridgehead atoms. The van der Waals surface area contributed by atoms with Crippen molar-refractivity contribution in [2.75, 3.05) is 7.11 Å². The molecule has 1 heterocycles. The van der Waals surface area contributed by atoms with Gasteiger partial charge in [-0.1, -0.05) is 46.3 Å². The lowest BCUT2D eigenvalue weighted by Crippen LogP contribution is -2.03. The number of benzene rings is 2. The summed E-state index contributed by atoms with van der Waals surface area (Å²) in [5.41, 5.74) is 4.18. The Morgan fingerprint density at radius 1 is 1.17 bits per heavy atom. The molecule has 0 atom stereocenters. The van der Waals surface area contributed by atoms with Gasteiger partial charge in [0.1, 0.15) is 11.3 Å². The first-order valence-corrected chi connectivity index (χ1v) is 8.58. The van der Waals surface area contributed by atoms with Crippen molar-refractivity contribution in [1.29, 1.82) is 0 Å². The fourth-order valence-corrected chi connectivity index (χ4v) is 3.75. The Balaban J connectivity index is 2.03. The largest absolute Gasteiger partial charge is 0.465 e. The Morgan fingerprint density at radius 2 is 2.00 bits per heavy atom. The molecular weight excluding hydrogens is 368 g/mol. The molecule has 0 saturated carbocycles. The van der Waals surface area contributed by atoms with Crippen LogP contribution in [0, 0.1) is 0 Å². The predicted molar refractivity (Wildman–Crippen MR) is 98.0 cm³/mol. The average Bonchev–Trinajstić information content (AvgIpc) is 3.02. The lowest BCUT2D eigenvalue weighted by molar-refractivity contribution is 0.0601. The van der Waals surface area contributed by atoms with Gasteiger partial charge in [0, 0.05) is 27.4 Å². The van der Waals surface area contributed by atoms with Crippen molar-refractivity contribution in [3.05, 3.63) is 63.8 Å². The number of aryl methyl sites for hydroxylation is 1. The normalized spacial score (nSPS) is 13.1. The Morgan fingerprint density at radius 3 is 2.83 bits per heavy atom. The number of rotatable bonds is 2. The van der Waals surface area contributed by atoms with Gasteiger partial charge in [0.15, 0.2) is 0 Å². The van der Waals surface area contributed by atoms with E-state index in [1.54, 1.807) is 6.07 Å². The van der Waals surface area contributed by atoms with E-state index in [9.17, 15) is 4.79 Å². The minimum Gasteiger partial charge on any atom is -0.465 e. The van der Waals surface area contributed by atoms with Crippen LogP contribution < -0.4 is 0 Å². The van der Waals surface area contributed by atoms with Gasteiger partial charge in [-0.15, -0.1) is 0 Å². The second kappa shape index (κ2) is 5.95. The first-order valence-electron chi connectivity index (χ1n) is 7.79. The summed E-state index contributed by atoms with van der Waals surface area (Å²) >= 11 is 3.64. The number of carbonyl (C=O) groups excluding carboxylic acids is 1. The smallest absolute Gasteiger partial charge is 0.338 e. The third kappa shape index (κ3) is 2.29.